The molecule has 2 aromatic rings. The van der Waals surface area contributed by atoms with Gasteiger partial charge in [-0.05, 0) is 25.1 Å². The van der Waals surface area contributed by atoms with Crippen LogP contribution in [0.15, 0.2) is 18.2 Å². The van der Waals surface area contributed by atoms with Crippen molar-refractivity contribution in [3.05, 3.63) is 28.8 Å². The Labute approximate surface area is 98.9 Å². The molecule has 0 saturated heterocycles. The summed E-state index contributed by atoms with van der Waals surface area (Å²) in [5, 5.41) is 0.350. The third kappa shape index (κ3) is 2.15. The zero-order chi connectivity index (χ0) is 11.9. The summed E-state index contributed by atoms with van der Waals surface area (Å²) in [7, 11) is 0. The van der Waals surface area contributed by atoms with Crippen molar-refractivity contribution in [1.29, 1.82) is 0 Å². The van der Waals surface area contributed by atoms with Crippen LogP contribution in [0.5, 0.6) is 0 Å². The first kappa shape index (κ1) is 11.7. The molecule has 16 heavy (non-hydrogen) atoms. The lowest BCUT2D eigenvalue weighted by Crippen LogP contribution is -2.03. The van der Waals surface area contributed by atoms with Crippen molar-refractivity contribution < 1.29 is 13.2 Å². The summed E-state index contributed by atoms with van der Waals surface area (Å²) in [6.45, 7) is 1.74. The first-order valence-electron chi connectivity index (χ1n) is 4.49. The molecule has 0 amide bonds. The Morgan fingerprint density at radius 3 is 2.62 bits per heavy atom. The maximum atomic E-state index is 12.4. The normalized spacial score (nSPS) is 14.3. The van der Waals surface area contributed by atoms with Crippen LogP contribution in [0.3, 0.4) is 0 Å². The quantitative estimate of drug-likeness (QED) is 0.686. The van der Waals surface area contributed by atoms with Crippen LogP contribution in [0.4, 0.5) is 13.2 Å². The molecule has 2 rings (SSSR count). The van der Waals surface area contributed by atoms with Crippen LogP contribution in [0.25, 0.3) is 10.2 Å². The Hall–Kier alpha value is -0.810. The number of thiazole rings is 1. The minimum Gasteiger partial charge on any atom is -0.240 e. The Bertz CT molecular complexity index is 518. The number of aromatic nitrogens is 1. The van der Waals surface area contributed by atoms with Crippen molar-refractivity contribution in [3.63, 3.8) is 0 Å². The lowest BCUT2D eigenvalue weighted by Gasteiger charge is -2.04. The number of fused-ring (bicyclic) bond motifs is 1. The molecule has 86 valence electrons. The molecule has 0 aliphatic rings. The molecule has 1 unspecified atom stereocenters. The van der Waals surface area contributed by atoms with E-state index >= 15 is 0 Å². The molecule has 0 N–H and O–H groups in total. The molecule has 1 aromatic carbocycles. The monoisotopic (exact) mass is 265 g/mol. The molecule has 1 nitrogen and oxygen atoms in total. The van der Waals surface area contributed by atoms with Crippen molar-refractivity contribution >= 4 is 33.2 Å². The van der Waals surface area contributed by atoms with Crippen LogP contribution in [-0.4, -0.2) is 4.98 Å². The smallest absolute Gasteiger partial charge is 0.240 e. The van der Waals surface area contributed by atoms with Gasteiger partial charge in [0.05, 0.1) is 21.2 Å². The fourth-order valence-corrected chi connectivity index (χ4v) is 2.35. The summed E-state index contributed by atoms with van der Waals surface area (Å²) in [5.74, 6) is 0. The van der Waals surface area contributed by atoms with E-state index in [9.17, 15) is 13.2 Å². The van der Waals surface area contributed by atoms with Gasteiger partial charge in [-0.25, -0.2) is 4.98 Å². The summed E-state index contributed by atoms with van der Waals surface area (Å²) in [4.78, 5) is 4.07. The van der Waals surface area contributed by atoms with Gasteiger partial charge in [0, 0.05) is 0 Å². The number of alkyl halides is 4. The van der Waals surface area contributed by atoms with Gasteiger partial charge in [0.1, 0.15) is 5.01 Å². The van der Waals surface area contributed by atoms with Gasteiger partial charge in [0.15, 0.2) is 0 Å². The molecule has 0 bridgehead atoms. The molecule has 6 heteroatoms. The van der Waals surface area contributed by atoms with Gasteiger partial charge >= 0.3 is 6.18 Å². The largest absolute Gasteiger partial charge is 0.416 e. The molecule has 1 atom stereocenters. The predicted octanol–water partition coefficient (Wildman–Crippen LogP) is 4.61. The highest BCUT2D eigenvalue weighted by molar-refractivity contribution is 7.18. The van der Waals surface area contributed by atoms with Crippen molar-refractivity contribution in [3.8, 4) is 0 Å². The molecule has 1 heterocycles. The van der Waals surface area contributed by atoms with E-state index in [0.717, 1.165) is 16.8 Å². The van der Waals surface area contributed by atoms with Crippen molar-refractivity contribution in [2.24, 2.45) is 0 Å². The van der Waals surface area contributed by atoms with Crippen LogP contribution in [0, 0.1) is 0 Å². The number of halogens is 4. The first-order valence-corrected chi connectivity index (χ1v) is 5.75. The Morgan fingerprint density at radius 2 is 2.06 bits per heavy atom. The summed E-state index contributed by atoms with van der Waals surface area (Å²) >= 11 is 7.14. The number of hydrogen-bond donors (Lipinski definition) is 0. The van der Waals surface area contributed by atoms with Crippen molar-refractivity contribution in [2.75, 3.05) is 0 Å². The second kappa shape index (κ2) is 3.89. The van der Waals surface area contributed by atoms with Crippen LogP contribution in [0.2, 0.25) is 0 Å². The first-order chi connectivity index (χ1) is 7.38. The minimum atomic E-state index is -4.33. The lowest BCUT2D eigenvalue weighted by molar-refractivity contribution is -0.137. The van der Waals surface area contributed by atoms with Gasteiger partial charge in [0.25, 0.3) is 0 Å². The van der Waals surface area contributed by atoms with Gasteiger partial charge in [-0.2, -0.15) is 13.2 Å². The van der Waals surface area contributed by atoms with Crippen LogP contribution < -0.4 is 0 Å². The Kier molecular flexibility index (Phi) is 2.84. The number of benzene rings is 1. The Balaban J connectivity index is 2.54. The highest BCUT2D eigenvalue weighted by atomic mass is 35.5. The average Bonchev–Trinajstić information content (AvgIpc) is 2.58. The minimum absolute atomic E-state index is 0.285. The summed E-state index contributed by atoms with van der Waals surface area (Å²) in [6.07, 6.45) is -4.33. The maximum Gasteiger partial charge on any atom is 0.416 e. The van der Waals surface area contributed by atoms with Crippen molar-refractivity contribution in [2.45, 2.75) is 18.5 Å². The SMILES string of the molecule is CC(Cl)c1nc2cc(C(F)(F)F)ccc2s1. The molecule has 0 saturated carbocycles. The zero-order valence-electron chi connectivity index (χ0n) is 8.18. The fraction of sp³-hybridized carbons (Fsp3) is 0.300. The number of rotatable bonds is 1. The van der Waals surface area contributed by atoms with Crippen LogP contribution in [-0.2, 0) is 6.18 Å². The second-order valence-electron chi connectivity index (χ2n) is 3.35. The molecular weight excluding hydrogens is 259 g/mol. The van der Waals surface area contributed by atoms with E-state index in [1.165, 1.54) is 17.4 Å². The number of hydrogen-bond acceptors (Lipinski definition) is 2. The van der Waals surface area contributed by atoms with Gasteiger partial charge in [-0.15, -0.1) is 22.9 Å². The topological polar surface area (TPSA) is 12.9 Å². The van der Waals surface area contributed by atoms with Crippen LogP contribution >= 0.6 is 22.9 Å². The summed E-state index contributed by atoms with van der Waals surface area (Å²) < 4.78 is 38.0. The molecule has 0 aliphatic carbocycles. The van der Waals surface area contributed by atoms with E-state index in [1.807, 2.05) is 0 Å². The van der Waals surface area contributed by atoms with Crippen LogP contribution in [0.1, 0.15) is 22.9 Å². The van der Waals surface area contributed by atoms with Crippen molar-refractivity contribution in [1.82, 2.24) is 4.98 Å². The zero-order valence-corrected chi connectivity index (χ0v) is 9.75. The highest BCUT2D eigenvalue weighted by Gasteiger charge is 2.30. The van der Waals surface area contributed by atoms with Gasteiger partial charge < -0.3 is 0 Å². The van der Waals surface area contributed by atoms with E-state index in [0.29, 0.717) is 10.5 Å². The third-order valence-electron chi connectivity index (χ3n) is 2.07. The molecule has 0 spiro atoms. The standard InChI is InChI=1S/C10H7ClF3NS/c1-5(11)9-15-7-4-6(10(12,13)14)2-3-8(7)16-9/h2-5H,1H3. The van der Waals surface area contributed by atoms with Gasteiger partial charge in [0.2, 0.25) is 0 Å². The van der Waals surface area contributed by atoms with E-state index < -0.39 is 11.7 Å². The van der Waals surface area contributed by atoms with E-state index in [-0.39, 0.29) is 5.38 Å². The highest BCUT2D eigenvalue weighted by Crippen LogP contribution is 2.34. The lowest BCUT2D eigenvalue weighted by atomic mass is 10.2. The average molecular weight is 266 g/mol. The van der Waals surface area contributed by atoms with Gasteiger partial charge in [-0.1, -0.05) is 0 Å². The fourth-order valence-electron chi connectivity index (χ4n) is 1.29. The van der Waals surface area contributed by atoms with E-state index in [4.69, 9.17) is 11.6 Å². The Morgan fingerprint density at radius 1 is 1.38 bits per heavy atom. The third-order valence-corrected chi connectivity index (χ3v) is 3.63. The molecule has 0 aliphatic heterocycles. The van der Waals surface area contributed by atoms with E-state index in [1.54, 1.807) is 6.92 Å². The van der Waals surface area contributed by atoms with Gasteiger partial charge in [-0.3, -0.25) is 0 Å². The molecule has 0 radical (unpaired) electrons. The van der Waals surface area contributed by atoms with E-state index in [2.05, 4.69) is 4.98 Å². The molecule has 1 aromatic heterocycles. The summed E-state index contributed by atoms with van der Waals surface area (Å²) in [5.41, 5.74) is -0.332. The number of nitrogens with zero attached hydrogens (tertiary/aromatic N) is 1. The second-order valence-corrected chi connectivity index (χ2v) is 5.07. The predicted molar refractivity (Wildman–Crippen MR) is 58.9 cm³/mol. The summed E-state index contributed by atoms with van der Waals surface area (Å²) in [6, 6.07) is 3.54. The maximum absolute atomic E-state index is 12.4. The molecular formula is C10H7ClF3NS. The molecule has 0 fully saturated rings.